The Bertz CT molecular complexity index is 783. The highest BCUT2D eigenvalue weighted by Gasteiger charge is 2.25. The predicted octanol–water partition coefficient (Wildman–Crippen LogP) is 3.16. The standard InChI is InChI=1S/C17H21N3O5P/c1-12-16(24-17(21)20(2)3)15(9-18)13(10-19-12)11-23-26(22)25-14-7-5-4-6-8-14/h4-8,10H,9,11,18H2,1-3H3/q+1. The van der Waals surface area contributed by atoms with Gasteiger partial charge in [0.15, 0.2) is 11.5 Å². The molecule has 0 spiro atoms. The highest BCUT2D eigenvalue weighted by molar-refractivity contribution is 7.33. The minimum atomic E-state index is -2.38. The van der Waals surface area contributed by atoms with E-state index >= 15 is 0 Å². The van der Waals surface area contributed by atoms with Crippen molar-refractivity contribution in [3.8, 4) is 11.5 Å². The summed E-state index contributed by atoms with van der Waals surface area (Å²) in [5.41, 5.74) is 7.47. The molecule has 8 nitrogen and oxygen atoms in total. The fraction of sp³-hybridized carbons (Fsp3) is 0.294. The van der Waals surface area contributed by atoms with Crippen molar-refractivity contribution in [3.63, 3.8) is 0 Å². The number of nitrogens with two attached hydrogens (primary N) is 1. The summed E-state index contributed by atoms with van der Waals surface area (Å²) in [5.74, 6) is 0.724. The van der Waals surface area contributed by atoms with E-state index in [0.29, 0.717) is 22.6 Å². The van der Waals surface area contributed by atoms with Crippen LogP contribution in [-0.4, -0.2) is 30.1 Å². The molecule has 0 aliphatic carbocycles. The van der Waals surface area contributed by atoms with Gasteiger partial charge in [-0.15, -0.1) is 4.52 Å². The fourth-order valence-corrected chi connectivity index (χ4v) is 2.64. The van der Waals surface area contributed by atoms with Crippen molar-refractivity contribution < 1.29 is 23.1 Å². The lowest BCUT2D eigenvalue weighted by molar-refractivity contribution is 0.170. The largest absolute Gasteiger partial charge is 0.750 e. The van der Waals surface area contributed by atoms with Gasteiger partial charge < -0.3 is 15.4 Å². The van der Waals surface area contributed by atoms with Crippen molar-refractivity contribution in [1.82, 2.24) is 9.88 Å². The van der Waals surface area contributed by atoms with Crippen LogP contribution in [0.4, 0.5) is 4.79 Å². The molecule has 1 heterocycles. The van der Waals surface area contributed by atoms with Gasteiger partial charge in [0.2, 0.25) is 0 Å². The second-order valence-corrected chi connectivity index (χ2v) is 6.43. The molecular weight excluding hydrogens is 357 g/mol. The lowest BCUT2D eigenvalue weighted by atomic mass is 10.1. The lowest BCUT2D eigenvalue weighted by Crippen LogP contribution is -2.26. The highest BCUT2D eigenvalue weighted by Crippen LogP contribution is 2.31. The maximum Gasteiger partial charge on any atom is 0.750 e. The number of amides is 1. The van der Waals surface area contributed by atoms with Gasteiger partial charge in [0.1, 0.15) is 6.61 Å². The van der Waals surface area contributed by atoms with E-state index in [1.807, 2.05) is 6.07 Å². The molecule has 1 atom stereocenters. The quantitative estimate of drug-likeness (QED) is 0.738. The number of hydrogen-bond donors (Lipinski definition) is 1. The van der Waals surface area contributed by atoms with Crippen LogP contribution in [0, 0.1) is 6.92 Å². The Hall–Kier alpha value is -2.54. The van der Waals surface area contributed by atoms with E-state index in [2.05, 4.69) is 4.98 Å². The van der Waals surface area contributed by atoms with E-state index in [-0.39, 0.29) is 18.9 Å². The Labute approximate surface area is 152 Å². The lowest BCUT2D eigenvalue weighted by Gasteiger charge is -2.16. The van der Waals surface area contributed by atoms with E-state index in [9.17, 15) is 9.36 Å². The van der Waals surface area contributed by atoms with Crippen LogP contribution in [-0.2, 0) is 22.2 Å². The van der Waals surface area contributed by atoms with Crippen LogP contribution in [0.2, 0.25) is 0 Å². The third kappa shape index (κ3) is 5.23. The molecule has 1 unspecified atom stereocenters. The van der Waals surface area contributed by atoms with E-state index < -0.39 is 14.3 Å². The first-order chi connectivity index (χ1) is 12.4. The number of benzene rings is 1. The van der Waals surface area contributed by atoms with Crippen molar-refractivity contribution >= 4 is 14.3 Å². The van der Waals surface area contributed by atoms with Crippen molar-refractivity contribution in [2.24, 2.45) is 5.73 Å². The van der Waals surface area contributed by atoms with Crippen LogP contribution in [0.25, 0.3) is 0 Å². The number of nitrogens with zero attached hydrogens (tertiary/aromatic N) is 2. The third-order valence-corrected chi connectivity index (χ3v) is 4.11. The topological polar surface area (TPSA) is 104 Å². The maximum absolute atomic E-state index is 12.0. The Balaban J connectivity index is 2.11. The Morgan fingerprint density at radius 2 is 1.96 bits per heavy atom. The van der Waals surface area contributed by atoms with Gasteiger partial charge in [-0.05, 0) is 19.1 Å². The van der Waals surface area contributed by atoms with Crippen LogP contribution in [0.15, 0.2) is 36.5 Å². The molecule has 0 bridgehead atoms. The Kier molecular flexibility index (Phi) is 7.03. The van der Waals surface area contributed by atoms with Gasteiger partial charge in [0, 0.05) is 42.5 Å². The minimum absolute atomic E-state index is 0.0473. The van der Waals surface area contributed by atoms with Crippen molar-refractivity contribution in [3.05, 3.63) is 53.3 Å². The molecule has 9 heteroatoms. The fourth-order valence-electron chi connectivity index (χ4n) is 2.05. The first kappa shape index (κ1) is 19.8. The molecule has 0 aliphatic heterocycles. The summed E-state index contributed by atoms with van der Waals surface area (Å²) in [6, 6.07) is 8.70. The van der Waals surface area contributed by atoms with Gasteiger partial charge in [-0.25, -0.2) is 9.32 Å². The number of aryl methyl sites for hydroxylation is 1. The molecule has 26 heavy (non-hydrogen) atoms. The Morgan fingerprint density at radius 3 is 2.58 bits per heavy atom. The second-order valence-electron chi connectivity index (χ2n) is 5.54. The van der Waals surface area contributed by atoms with Gasteiger partial charge in [-0.3, -0.25) is 4.98 Å². The van der Waals surface area contributed by atoms with Crippen molar-refractivity contribution in [2.75, 3.05) is 14.1 Å². The van der Waals surface area contributed by atoms with Gasteiger partial charge >= 0.3 is 14.3 Å². The molecule has 2 rings (SSSR count). The monoisotopic (exact) mass is 378 g/mol. The van der Waals surface area contributed by atoms with E-state index in [1.54, 1.807) is 51.5 Å². The number of carbonyl (C=O) groups excluding carboxylic acids is 1. The molecule has 0 fully saturated rings. The normalized spacial score (nSPS) is 11.0. The minimum Gasteiger partial charge on any atom is -0.408 e. The average molecular weight is 378 g/mol. The number of para-hydroxylation sites is 1. The summed E-state index contributed by atoms with van der Waals surface area (Å²) in [6.45, 7) is 1.77. The van der Waals surface area contributed by atoms with Gasteiger partial charge in [0.05, 0.1) is 5.69 Å². The third-order valence-electron chi connectivity index (χ3n) is 3.41. The van der Waals surface area contributed by atoms with Crippen LogP contribution in [0.1, 0.15) is 16.8 Å². The van der Waals surface area contributed by atoms with E-state index in [0.717, 1.165) is 0 Å². The van der Waals surface area contributed by atoms with Crippen LogP contribution in [0.3, 0.4) is 0 Å². The summed E-state index contributed by atoms with van der Waals surface area (Å²) in [4.78, 5) is 17.3. The molecule has 1 aromatic heterocycles. The smallest absolute Gasteiger partial charge is 0.408 e. The average Bonchev–Trinajstić information content (AvgIpc) is 2.62. The SMILES string of the molecule is Cc1ncc(CO[P+](=O)Oc2ccccc2)c(CN)c1OC(=O)N(C)C. The second kappa shape index (κ2) is 9.24. The van der Waals surface area contributed by atoms with E-state index in [4.69, 9.17) is 19.5 Å². The highest BCUT2D eigenvalue weighted by atomic mass is 31.1. The molecular formula is C17H21N3O5P+. The summed E-state index contributed by atoms with van der Waals surface area (Å²) < 4.78 is 27.8. The Morgan fingerprint density at radius 1 is 1.27 bits per heavy atom. The number of hydrogen-bond acceptors (Lipinski definition) is 7. The summed E-state index contributed by atoms with van der Waals surface area (Å²) in [6.07, 6.45) is 1.01. The number of carbonyl (C=O) groups is 1. The number of pyridine rings is 1. The molecule has 0 aliphatic rings. The zero-order chi connectivity index (χ0) is 19.1. The van der Waals surface area contributed by atoms with E-state index in [1.165, 1.54) is 4.90 Å². The summed E-state index contributed by atoms with van der Waals surface area (Å²) >= 11 is 0. The molecule has 1 amide bonds. The number of ether oxygens (including phenoxy) is 1. The van der Waals surface area contributed by atoms with Gasteiger partial charge in [-0.2, -0.15) is 0 Å². The van der Waals surface area contributed by atoms with Crippen LogP contribution in [0.5, 0.6) is 11.5 Å². The maximum atomic E-state index is 12.0. The summed E-state index contributed by atoms with van der Waals surface area (Å²) in [5, 5.41) is 0. The molecule has 1 aromatic carbocycles. The van der Waals surface area contributed by atoms with Gasteiger partial charge in [0.25, 0.3) is 0 Å². The molecule has 2 N–H and O–H groups in total. The molecule has 138 valence electrons. The molecule has 2 aromatic rings. The summed E-state index contributed by atoms with van der Waals surface area (Å²) in [7, 11) is 0.773. The first-order valence-corrected chi connectivity index (χ1v) is 8.91. The van der Waals surface area contributed by atoms with Crippen LogP contribution < -0.4 is 15.0 Å². The van der Waals surface area contributed by atoms with Gasteiger partial charge in [-0.1, -0.05) is 18.2 Å². The van der Waals surface area contributed by atoms with Crippen LogP contribution >= 0.6 is 8.25 Å². The molecule has 0 saturated carbocycles. The zero-order valence-electron chi connectivity index (χ0n) is 14.8. The first-order valence-electron chi connectivity index (χ1n) is 7.82. The predicted molar refractivity (Wildman–Crippen MR) is 96.0 cm³/mol. The molecule has 0 saturated heterocycles. The van der Waals surface area contributed by atoms with Crippen molar-refractivity contribution in [2.45, 2.75) is 20.1 Å². The van der Waals surface area contributed by atoms with Crippen molar-refractivity contribution in [1.29, 1.82) is 0 Å². The number of aromatic nitrogens is 1. The number of rotatable bonds is 7. The zero-order valence-corrected chi connectivity index (χ0v) is 15.7. The molecule has 0 radical (unpaired) electrons.